The molecule has 3 rings (SSSR count). The van der Waals surface area contributed by atoms with Crippen molar-refractivity contribution in [3.63, 3.8) is 0 Å². The highest BCUT2D eigenvalue weighted by atomic mass is 16.1. The maximum atomic E-state index is 11.6. The normalized spacial score (nSPS) is 10.7. The molecule has 3 aromatic rings. The second kappa shape index (κ2) is 4.79. The molecule has 0 aliphatic carbocycles. The van der Waals surface area contributed by atoms with Crippen LogP contribution in [0.4, 0.5) is 0 Å². The van der Waals surface area contributed by atoms with Crippen molar-refractivity contribution in [2.24, 2.45) is 11.5 Å². The molecule has 1 aromatic heterocycles. The third kappa shape index (κ3) is 2.25. The van der Waals surface area contributed by atoms with E-state index in [4.69, 9.17) is 11.5 Å². The number of benzene rings is 2. The van der Waals surface area contributed by atoms with E-state index >= 15 is 0 Å². The Kier molecular flexibility index (Phi) is 2.95. The SMILES string of the molecule is NC(=O)c1cccc(-c2cc(C(N)=O)c3[nH]ccc3c2)c1. The standard InChI is InChI=1S/C16H13N3O2/c17-15(20)11-3-1-2-9(6-11)12-7-10-4-5-19-14(10)13(8-12)16(18)21/h1-8,19H,(H2,17,20)(H2,18,21). The average Bonchev–Trinajstić information content (AvgIpc) is 2.94. The lowest BCUT2D eigenvalue weighted by atomic mass is 9.98. The van der Waals surface area contributed by atoms with Crippen molar-refractivity contribution in [2.45, 2.75) is 0 Å². The van der Waals surface area contributed by atoms with E-state index in [-0.39, 0.29) is 0 Å². The number of hydrogen-bond donors (Lipinski definition) is 3. The van der Waals surface area contributed by atoms with Gasteiger partial charge in [0.15, 0.2) is 0 Å². The van der Waals surface area contributed by atoms with Gasteiger partial charge >= 0.3 is 0 Å². The van der Waals surface area contributed by atoms with Gasteiger partial charge in [-0.3, -0.25) is 9.59 Å². The summed E-state index contributed by atoms with van der Waals surface area (Å²) in [5.41, 5.74) is 13.9. The van der Waals surface area contributed by atoms with Crippen LogP contribution >= 0.6 is 0 Å². The van der Waals surface area contributed by atoms with E-state index in [1.54, 1.807) is 30.5 Å². The lowest BCUT2D eigenvalue weighted by Crippen LogP contribution is -2.12. The second-order valence-electron chi connectivity index (χ2n) is 4.78. The molecule has 0 radical (unpaired) electrons. The van der Waals surface area contributed by atoms with Gasteiger partial charge in [0.05, 0.1) is 11.1 Å². The first kappa shape index (κ1) is 12.9. The van der Waals surface area contributed by atoms with Crippen LogP contribution in [0.5, 0.6) is 0 Å². The van der Waals surface area contributed by atoms with Crippen LogP contribution in [0, 0.1) is 0 Å². The van der Waals surface area contributed by atoms with Crippen LogP contribution in [0.25, 0.3) is 22.0 Å². The highest BCUT2D eigenvalue weighted by Gasteiger charge is 2.11. The van der Waals surface area contributed by atoms with Crippen LogP contribution in [0.2, 0.25) is 0 Å². The van der Waals surface area contributed by atoms with E-state index in [1.807, 2.05) is 18.2 Å². The maximum absolute atomic E-state index is 11.6. The fraction of sp³-hybridized carbons (Fsp3) is 0. The van der Waals surface area contributed by atoms with Crippen molar-refractivity contribution in [1.29, 1.82) is 0 Å². The first-order valence-corrected chi connectivity index (χ1v) is 6.37. The van der Waals surface area contributed by atoms with Gasteiger partial charge in [0.1, 0.15) is 0 Å². The van der Waals surface area contributed by atoms with Gasteiger partial charge < -0.3 is 16.5 Å². The van der Waals surface area contributed by atoms with Gasteiger partial charge in [-0.15, -0.1) is 0 Å². The number of rotatable bonds is 3. The molecule has 5 nitrogen and oxygen atoms in total. The van der Waals surface area contributed by atoms with Crippen LogP contribution in [-0.4, -0.2) is 16.8 Å². The highest BCUT2D eigenvalue weighted by Crippen LogP contribution is 2.27. The first-order chi connectivity index (χ1) is 10.1. The number of H-pyrrole nitrogens is 1. The van der Waals surface area contributed by atoms with Crippen molar-refractivity contribution in [1.82, 2.24) is 4.98 Å². The minimum absolute atomic E-state index is 0.414. The molecule has 2 aromatic carbocycles. The fourth-order valence-corrected chi connectivity index (χ4v) is 2.38. The predicted octanol–water partition coefficient (Wildman–Crippen LogP) is 2.03. The summed E-state index contributed by atoms with van der Waals surface area (Å²) in [6.07, 6.45) is 1.75. The molecule has 0 saturated carbocycles. The van der Waals surface area contributed by atoms with Gasteiger partial charge in [-0.2, -0.15) is 0 Å². The Morgan fingerprint density at radius 1 is 0.905 bits per heavy atom. The second-order valence-corrected chi connectivity index (χ2v) is 4.78. The van der Waals surface area contributed by atoms with Crippen LogP contribution in [-0.2, 0) is 0 Å². The van der Waals surface area contributed by atoms with Gasteiger partial charge in [-0.1, -0.05) is 12.1 Å². The molecule has 2 amide bonds. The van der Waals surface area contributed by atoms with Crippen LogP contribution in [0.3, 0.4) is 0 Å². The van der Waals surface area contributed by atoms with E-state index in [2.05, 4.69) is 4.98 Å². The largest absolute Gasteiger partial charge is 0.366 e. The number of aromatic amines is 1. The molecule has 0 fully saturated rings. The van der Waals surface area contributed by atoms with Crippen LogP contribution in [0.15, 0.2) is 48.7 Å². The molecule has 5 N–H and O–H groups in total. The van der Waals surface area contributed by atoms with E-state index < -0.39 is 11.8 Å². The zero-order chi connectivity index (χ0) is 15.0. The zero-order valence-corrected chi connectivity index (χ0v) is 11.1. The number of primary amides is 2. The van der Waals surface area contributed by atoms with Crippen molar-refractivity contribution in [3.05, 3.63) is 59.8 Å². The van der Waals surface area contributed by atoms with Gasteiger partial charge in [0, 0.05) is 17.1 Å². The maximum Gasteiger partial charge on any atom is 0.250 e. The van der Waals surface area contributed by atoms with Crippen molar-refractivity contribution in [3.8, 4) is 11.1 Å². The Morgan fingerprint density at radius 2 is 1.71 bits per heavy atom. The molecule has 1 heterocycles. The Balaban J connectivity index is 2.23. The van der Waals surface area contributed by atoms with Crippen molar-refractivity contribution in [2.75, 3.05) is 0 Å². The summed E-state index contributed by atoms with van der Waals surface area (Å²) in [6.45, 7) is 0. The molecule has 0 unspecified atom stereocenters. The number of nitrogens with two attached hydrogens (primary N) is 2. The Labute approximate surface area is 120 Å². The number of hydrogen-bond acceptors (Lipinski definition) is 2. The van der Waals surface area contributed by atoms with Gasteiger partial charge in [0.2, 0.25) is 5.91 Å². The minimum Gasteiger partial charge on any atom is -0.366 e. The molecule has 104 valence electrons. The average molecular weight is 279 g/mol. The summed E-state index contributed by atoms with van der Waals surface area (Å²) in [7, 11) is 0. The third-order valence-corrected chi connectivity index (χ3v) is 3.41. The predicted molar refractivity (Wildman–Crippen MR) is 80.8 cm³/mol. The number of carbonyl (C=O) groups excluding carboxylic acids is 2. The Morgan fingerprint density at radius 3 is 2.43 bits per heavy atom. The summed E-state index contributed by atoms with van der Waals surface area (Å²) in [5, 5.41) is 0.880. The number of nitrogens with one attached hydrogen (secondary N) is 1. The summed E-state index contributed by atoms with van der Waals surface area (Å²) < 4.78 is 0. The first-order valence-electron chi connectivity index (χ1n) is 6.37. The molecule has 0 aliphatic heterocycles. The highest BCUT2D eigenvalue weighted by molar-refractivity contribution is 6.07. The molecule has 5 heteroatoms. The topological polar surface area (TPSA) is 102 Å². The monoisotopic (exact) mass is 279 g/mol. The lowest BCUT2D eigenvalue weighted by Gasteiger charge is -2.07. The molecular weight excluding hydrogens is 266 g/mol. The number of fused-ring (bicyclic) bond motifs is 1. The zero-order valence-electron chi connectivity index (χ0n) is 11.1. The van der Waals surface area contributed by atoms with E-state index in [9.17, 15) is 9.59 Å². The molecule has 0 atom stereocenters. The quantitative estimate of drug-likeness (QED) is 0.683. The summed E-state index contributed by atoms with van der Waals surface area (Å²) in [6, 6.07) is 12.4. The van der Waals surface area contributed by atoms with Crippen molar-refractivity contribution < 1.29 is 9.59 Å². The molecule has 0 bridgehead atoms. The number of carbonyl (C=O) groups is 2. The molecule has 0 saturated heterocycles. The Bertz CT molecular complexity index is 865. The van der Waals surface area contributed by atoms with Crippen molar-refractivity contribution >= 4 is 22.7 Å². The molecule has 0 aliphatic rings. The van der Waals surface area contributed by atoms with E-state index in [0.29, 0.717) is 16.6 Å². The minimum atomic E-state index is -0.504. The smallest absolute Gasteiger partial charge is 0.250 e. The molecular formula is C16H13N3O2. The fourth-order valence-electron chi connectivity index (χ4n) is 2.38. The number of amides is 2. The van der Waals surface area contributed by atoms with E-state index in [0.717, 1.165) is 16.5 Å². The summed E-state index contributed by atoms with van der Waals surface area (Å²) in [4.78, 5) is 25.9. The lowest BCUT2D eigenvalue weighted by molar-refractivity contribution is 0.0992. The number of aromatic nitrogens is 1. The third-order valence-electron chi connectivity index (χ3n) is 3.41. The Hall–Kier alpha value is -3.08. The van der Waals surface area contributed by atoms with Gasteiger partial charge in [0.25, 0.3) is 5.91 Å². The van der Waals surface area contributed by atoms with E-state index in [1.165, 1.54) is 0 Å². The summed E-state index contributed by atoms with van der Waals surface area (Å²) in [5.74, 6) is -0.995. The van der Waals surface area contributed by atoms with Crippen LogP contribution in [0.1, 0.15) is 20.7 Å². The molecule has 21 heavy (non-hydrogen) atoms. The summed E-state index contributed by atoms with van der Waals surface area (Å²) >= 11 is 0. The van der Waals surface area contributed by atoms with Gasteiger partial charge in [-0.05, 0) is 41.5 Å². The van der Waals surface area contributed by atoms with Crippen LogP contribution < -0.4 is 11.5 Å². The van der Waals surface area contributed by atoms with Gasteiger partial charge in [-0.25, -0.2) is 0 Å². The molecule has 0 spiro atoms.